The van der Waals surface area contributed by atoms with Gasteiger partial charge < -0.3 is 10.0 Å². The van der Waals surface area contributed by atoms with Crippen molar-refractivity contribution in [2.75, 3.05) is 26.2 Å². The van der Waals surface area contributed by atoms with Gasteiger partial charge in [-0.2, -0.15) is 0 Å². The summed E-state index contributed by atoms with van der Waals surface area (Å²) in [5.74, 6) is -0.702. The molecule has 1 aromatic rings. The third-order valence-corrected chi connectivity index (χ3v) is 4.64. The first-order valence-corrected chi connectivity index (χ1v) is 8.24. The third kappa shape index (κ3) is 4.32. The zero-order chi connectivity index (χ0) is 17.0. The fourth-order valence-electron chi connectivity index (χ4n) is 3.24. The first-order valence-electron chi connectivity index (χ1n) is 8.24. The zero-order valence-electron chi connectivity index (χ0n) is 14.2. The maximum atomic E-state index is 12.7. The molecule has 1 saturated heterocycles. The van der Waals surface area contributed by atoms with E-state index in [9.17, 15) is 9.59 Å². The Morgan fingerprint density at radius 3 is 2.48 bits per heavy atom. The SMILES string of the molecule is CCN(CC(=O)O)C1CCN(C(=O)c2cc(C)ccc2C)CC1. The quantitative estimate of drug-likeness (QED) is 0.905. The van der Waals surface area contributed by atoms with Crippen LogP contribution in [0.2, 0.25) is 0 Å². The molecular formula is C18H26N2O3. The van der Waals surface area contributed by atoms with Gasteiger partial charge in [-0.05, 0) is 44.9 Å². The Labute approximate surface area is 137 Å². The van der Waals surface area contributed by atoms with Crippen LogP contribution in [0, 0.1) is 13.8 Å². The molecule has 0 atom stereocenters. The minimum atomic E-state index is -0.791. The highest BCUT2D eigenvalue weighted by atomic mass is 16.4. The van der Waals surface area contributed by atoms with Crippen LogP contribution in [0.4, 0.5) is 0 Å². The highest BCUT2D eigenvalue weighted by molar-refractivity contribution is 5.95. The fourth-order valence-corrected chi connectivity index (χ4v) is 3.24. The summed E-state index contributed by atoms with van der Waals surface area (Å²) in [5.41, 5.74) is 2.87. The van der Waals surface area contributed by atoms with Crippen LogP contribution in [-0.2, 0) is 4.79 Å². The fraction of sp³-hybridized carbons (Fsp3) is 0.556. The van der Waals surface area contributed by atoms with Crippen LogP contribution in [0.25, 0.3) is 0 Å². The van der Waals surface area contributed by atoms with Crippen LogP contribution in [0.15, 0.2) is 18.2 Å². The minimum Gasteiger partial charge on any atom is -0.480 e. The van der Waals surface area contributed by atoms with Gasteiger partial charge in [0.15, 0.2) is 0 Å². The van der Waals surface area contributed by atoms with Gasteiger partial charge in [-0.3, -0.25) is 14.5 Å². The standard InChI is InChI=1S/C18H26N2O3/c1-4-19(12-17(21)22)15-7-9-20(10-8-15)18(23)16-11-13(2)5-6-14(16)3/h5-6,11,15H,4,7-10,12H2,1-3H3,(H,21,22). The number of aryl methyl sites for hydroxylation is 2. The van der Waals surface area contributed by atoms with Crippen LogP contribution in [-0.4, -0.2) is 59.0 Å². The number of hydrogen-bond acceptors (Lipinski definition) is 3. The molecular weight excluding hydrogens is 292 g/mol. The van der Waals surface area contributed by atoms with Gasteiger partial charge in [-0.15, -0.1) is 0 Å². The van der Waals surface area contributed by atoms with Gasteiger partial charge in [0, 0.05) is 24.7 Å². The molecule has 1 N–H and O–H groups in total. The lowest BCUT2D eigenvalue weighted by atomic mass is 10.00. The Morgan fingerprint density at radius 2 is 1.91 bits per heavy atom. The molecule has 1 amide bonds. The lowest BCUT2D eigenvalue weighted by molar-refractivity contribution is -0.139. The van der Waals surface area contributed by atoms with Crippen molar-refractivity contribution in [2.45, 2.75) is 39.7 Å². The number of rotatable bonds is 5. The molecule has 0 saturated carbocycles. The minimum absolute atomic E-state index is 0.0755. The van der Waals surface area contributed by atoms with Gasteiger partial charge in [0.1, 0.15) is 0 Å². The molecule has 23 heavy (non-hydrogen) atoms. The molecule has 5 nitrogen and oxygen atoms in total. The molecule has 0 unspecified atom stereocenters. The lowest BCUT2D eigenvalue weighted by Crippen LogP contribution is -2.48. The van der Waals surface area contributed by atoms with Crippen LogP contribution in [0.5, 0.6) is 0 Å². The maximum absolute atomic E-state index is 12.7. The number of likely N-dealkylation sites (tertiary alicyclic amines) is 1. The van der Waals surface area contributed by atoms with Crippen LogP contribution >= 0.6 is 0 Å². The average Bonchev–Trinajstić information content (AvgIpc) is 2.54. The molecule has 1 aromatic carbocycles. The Balaban J connectivity index is 1.99. The predicted molar refractivity (Wildman–Crippen MR) is 89.7 cm³/mol. The van der Waals surface area contributed by atoms with E-state index in [1.165, 1.54) is 0 Å². The summed E-state index contributed by atoms with van der Waals surface area (Å²) in [7, 11) is 0. The van der Waals surface area contributed by atoms with Crippen molar-refractivity contribution in [3.05, 3.63) is 34.9 Å². The summed E-state index contributed by atoms with van der Waals surface area (Å²) in [6.07, 6.45) is 1.66. The third-order valence-electron chi connectivity index (χ3n) is 4.64. The van der Waals surface area contributed by atoms with Gasteiger partial charge in [0.2, 0.25) is 0 Å². The second-order valence-corrected chi connectivity index (χ2v) is 6.30. The van der Waals surface area contributed by atoms with E-state index in [1.807, 2.05) is 48.8 Å². The van der Waals surface area contributed by atoms with E-state index in [1.54, 1.807) is 0 Å². The number of nitrogens with zero attached hydrogens (tertiary/aromatic N) is 2. The molecule has 0 spiro atoms. The molecule has 2 rings (SSSR count). The number of benzene rings is 1. The van der Waals surface area contributed by atoms with Gasteiger partial charge in [0.05, 0.1) is 6.54 Å². The lowest BCUT2D eigenvalue weighted by Gasteiger charge is -2.37. The second-order valence-electron chi connectivity index (χ2n) is 6.30. The number of piperidine rings is 1. The topological polar surface area (TPSA) is 60.9 Å². The molecule has 5 heteroatoms. The summed E-state index contributed by atoms with van der Waals surface area (Å²) in [6.45, 7) is 8.11. The average molecular weight is 318 g/mol. The molecule has 0 aliphatic carbocycles. The normalized spacial score (nSPS) is 15.9. The number of likely N-dealkylation sites (N-methyl/N-ethyl adjacent to an activating group) is 1. The number of amides is 1. The molecule has 126 valence electrons. The van der Waals surface area contributed by atoms with Gasteiger partial charge in [-0.25, -0.2) is 0 Å². The zero-order valence-corrected chi connectivity index (χ0v) is 14.2. The number of aliphatic carboxylic acids is 1. The molecule has 1 heterocycles. The van der Waals surface area contributed by atoms with Crippen molar-refractivity contribution in [1.29, 1.82) is 0 Å². The Hall–Kier alpha value is -1.88. The predicted octanol–water partition coefficient (Wildman–Crippen LogP) is 2.31. The van der Waals surface area contributed by atoms with Crippen molar-refractivity contribution in [1.82, 2.24) is 9.80 Å². The van der Waals surface area contributed by atoms with E-state index in [0.29, 0.717) is 13.1 Å². The summed E-state index contributed by atoms with van der Waals surface area (Å²) in [4.78, 5) is 27.5. The maximum Gasteiger partial charge on any atom is 0.317 e. The largest absolute Gasteiger partial charge is 0.480 e. The van der Waals surface area contributed by atoms with Crippen molar-refractivity contribution in [3.63, 3.8) is 0 Å². The van der Waals surface area contributed by atoms with E-state index in [4.69, 9.17) is 5.11 Å². The molecule has 1 aliphatic rings. The first kappa shape index (κ1) is 17.5. The van der Waals surface area contributed by atoms with Crippen LogP contribution in [0.1, 0.15) is 41.3 Å². The summed E-state index contributed by atoms with van der Waals surface area (Å²) < 4.78 is 0. The number of carboxylic acid groups (broad SMARTS) is 1. The summed E-state index contributed by atoms with van der Waals surface area (Å²) in [5, 5.41) is 8.98. The monoisotopic (exact) mass is 318 g/mol. The Kier molecular flexibility index (Phi) is 5.77. The van der Waals surface area contributed by atoms with Crippen LogP contribution < -0.4 is 0 Å². The summed E-state index contributed by atoms with van der Waals surface area (Å²) in [6, 6.07) is 6.20. The van der Waals surface area contributed by atoms with Gasteiger partial charge in [0.25, 0.3) is 5.91 Å². The number of carbonyl (C=O) groups excluding carboxylic acids is 1. The van der Waals surface area contributed by atoms with E-state index in [2.05, 4.69) is 0 Å². The molecule has 0 aromatic heterocycles. The molecule has 0 bridgehead atoms. The van der Waals surface area contributed by atoms with E-state index in [0.717, 1.165) is 36.1 Å². The smallest absolute Gasteiger partial charge is 0.317 e. The second kappa shape index (κ2) is 7.59. The number of hydrogen-bond donors (Lipinski definition) is 1. The van der Waals surface area contributed by atoms with Crippen molar-refractivity contribution in [2.24, 2.45) is 0 Å². The molecule has 0 radical (unpaired) electrons. The van der Waals surface area contributed by atoms with E-state index >= 15 is 0 Å². The number of carboxylic acids is 1. The first-order chi connectivity index (χ1) is 10.9. The van der Waals surface area contributed by atoms with Crippen molar-refractivity contribution in [3.8, 4) is 0 Å². The highest BCUT2D eigenvalue weighted by Gasteiger charge is 2.28. The highest BCUT2D eigenvalue weighted by Crippen LogP contribution is 2.20. The van der Waals surface area contributed by atoms with E-state index < -0.39 is 5.97 Å². The summed E-state index contributed by atoms with van der Waals surface area (Å²) >= 11 is 0. The van der Waals surface area contributed by atoms with Crippen molar-refractivity contribution < 1.29 is 14.7 Å². The van der Waals surface area contributed by atoms with Crippen LogP contribution in [0.3, 0.4) is 0 Å². The number of carbonyl (C=O) groups is 2. The van der Waals surface area contributed by atoms with E-state index in [-0.39, 0.29) is 18.5 Å². The molecule has 1 aliphatic heterocycles. The Bertz CT molecular complexity index is 578. The van der Waals surface area contributed by atoms with Gasteiger partial charge in [-0.1, -0.05) is 24.6 Å². The van der Waals surface area contributed by atoms with Gasteiger partial charge >= 0.3 is 5.97 Å². The Morgan fingerprint density at radius 1 is 1.26 bits per heavy atom. The molecule has 1 fully saturated rings. The van der Waals surface area contributed by atoms with Crippen molar-refractivity contribution >= 4 is 11.9 Å².